The van der Waals surface area contributed by atoms with Crippen LogP contribution in [-0.4, -0.2) is 35.9 Å². The molecule has 0 unspecified atom stereocenters. The lowest BCUT2D eigenvalue weighted by atomic mass is 10.2. The Kier molecular flexibility index (Phi) is 8.69. The molecule has 3 rings (SSSR count). The van der Waals surface area contributed by atoms with Crippen molar-refractivity contribution in [2.24, 2.45) is 5.73 Å². The molecule has 0 radical (unpaired) electrons. The minimum Gasteiger partial charge on any atom is -0.486 e. The number of aromatic nitrogens is 1. The van der Waals surface area contributed by atoms with Gasteiger partial charge in [-0.2, -0.15) is 0 Å². The minimum absolute atomic E-state index is 0.0201. The zero-order valence-corrected chi connectivity index (χ0v) is 19.3. The molecule has 0 fully saturated rings. The zero-order valence-electron chi connectivity index (χ0n) is 18.5. The molecular formula is C24H24FN3O5S. The summed E-state index contributed by atoms with van der Waals surface area (Å²) in [5.41, 5.74) is 7.18. The Balaban J connectivity index is 1.50. The number of nitrogens with two attached hydrogens (primary N) is 1. The third-order valence-electron chi connectivity index (χ3n) is 4.69. The van der Waals surface area contributed by atoms with Crippen molar-refractivity contribution < 1.29 is 28.2 Å². The predicted octanol–water partition coefficient (Wildman–Crippen LogP) is 3.16. The second-order valence-electron chi connectivity index (χ2n) is 7.41. The Morgan fingerprint density at radius 1 is 1.09 bits per heavy atom. The van der Waals surface area contributed by atoms with E-state index in [0.29, 0.717) is 16.4 Å². The lowest BCUT2D eigenvalue weighted by molar-refractivity contribution is -0.147. The van der Waals surface area contributed by atoms with Crippen LogP contribution in [0.25, 0.3) is 0 Å². The van der Waals surface area contributed by atoms with Gasteiger partial charge in [-0.25, -0.2) is 9.37 Å². The summed E-state index contributed by atoms with van der Waals surface area (Å²) in [7, 11) is 0. The number of anilines is 1. The minimum atomic E-state index is -0.626. The van der Waals surface area contributed by atoms with Crippen LogP contribution in [-0.2, 0) is 32.1 Å². The van der Waals surface area contributed by atoms with Crippen LogP contribution in [0.5, 0.6) is 5.75 Å². The number of halogens is 1. The van der Waals surface area contributed by atoms with Gasteiger partial charge in [-0.1, -0.05) is 17.7 Å². The highest BCUT2D eigenvalue weighted by Gasteiger charge is 2.19. The average molecular weight is 486 g/mol. The highest BCUT2D eigenvalue weighted by molar-refractivity contribution is 7.09. The molecule has 2 amide bonds. The molecule has 0 aliphatic rings. The van der Waals surface area contributed by atoms with Gasteiger partial charge in [0.1, 0.15) is 23.2 Å². The topological polar surface area (TPSA) is 112 Å². The van der Waals surface area contributed by atoms with Gasteiger partial charge in [-0.05, 0) is 43.3 Å². The molecule has 0 aliphatic carbocycles. The van der Waals surface area contributed by atoms with Crippen LogP contribution in [0.4, 0.5) is 10.1 Å². The Morgan fingerprint density at radius 2 is 1.79 bits per heavy atom. The second-order valence-corrected chi connectivity index (χ2v) is 8.35. The van der Waals surface area contributed by atoms with Gasteiger partial charge in [-0.15, -0.1) is 11.3 Å². The maximum absolute atomic E-state index is 13.2. The molecule has 1 aromatic heterocycles. The first-order valence-corrected chi connectivity index (χ1v) is 11.3. The number of benzene rings is 2. The van der Waals surface area contributed by atoms with E-state index in [2.05, 4.69) is 4.98 Å². The number of rotatable bonds is 11. The molecule has 2 aromatic carbocycles. The summed E-state index contributed by atoms with van der Waals surface area (Å²) in [5, 5.41) is 2.43. The van der Waals surface area contributed by atoms with Gasteiger partial charge in [0, 0.05) is 24.0 Å². The number of esters is 1. The molecular weight excluding hydrogens is 461 g/mol. The molecule has 0 bridgehead atoms. The highest BCUT2D eigenvalue weighted by atomic mass is 32.1. The molecule has 8 nitrogen and oxygen atoms in total. The van der Waals surface area contributed by atoms with E-state index in [0.717, 1.165) is 11.3 Å². The van der Waals surface area contributed by atoms with Crippen LogP contribution in [0.3, 0.4) is 0 Å². The van der Waals surface area contributed by atoms with Crippen molar-refractivity contribution in [1.29, 1.82) is 0 Å². The molecule has 34 heavy (non-hydrogen) atoms. The lowest BCUT2D eigenvalue weighted by Gasteiger charge is -2.22. The van der Waals surface area contributed by atoms with E-state index in [9.17, 15) is 18.8 Å². The lowest BCUT2D eigenvalue weighted by Crippen LogP contribution is -2.37. The maximum atomic E-state index is 13.2. The van der Waals surface area contributed by atoms with Crippen LogP contribution in [0.2, 0.25) is 0 Å². The smallest absolute Gasteiger partial charge is 0.312 e. The number of nitrogens with zero attached hydrogens (tertiary/aromatic N) is 2. The van der Waals surface area contributed by atoms with Gasteiger partial charge >= 0.3 is 5.97 Å². The van der Waals surface area contributed by atoms with Gasteiger partial charge in [0.05, 0.1) is 12.1 Å². The molecule has 0 atom stereocenters. The number of ether oxygens (including phenoxy) is 2. The fourth-order valence-electron chi connectivity index (χ4n) is 2.94. The molecule has 1 heterocycles. The fraction of sp³-hybridized carbons (Fsp3) is 0.250. The van der Waals surface area contributed by atoms with Gasteiger partial charge in [0.2, 0.25) is 5.91 Å². The van der Waals surface area contributed by atoms with Crippen molar-refractivity contribution in [2.45, 2.75) is 26.4 Å². The third kappa shape index (κ3) is 7.66. The first-order valence-electron chi connectivity index (χ1n) is 10.4. The Labute approximate surface area is 200 Å². The quantitative estimate of drug-likeness (QED) is 0.418. The van der Waals surface area contributed by atoms with Crippen molar-refractivity contribution in [1.82, 2.24) is 4.98 Å². The maximum Gasteiger partial charge on any atom is 0.312 e. The van der Waals surface area contributed by atoms with E-state index in [1.807, 2.05) is 31.2 Å². The highest BCUT2D eigenvalue weighted by Crippen LogP contribution is 2.18. The van der Waals surface area contributed by atoms with Crippen LogP contribution < -0.4 is 15.4 Å². The van der Waals surface area contributed by atoms with Gasteiger partial charge in [0.25, 0.3) is 5.91 Å². The zero-order chi connectivity index (χ0) is 24.5. The molecule has 0 saturated carbocycles. The van der Waals surface area contributed by atoms with Crippen molar-refractivity contribution in [3.05, 3.63) is 76.0 Å². The second kappa shape index (κ2) is 11.9. The van der Waals surface area contributed by atoms with Gasteiger partial charge < -0.3 is 20.1 Å². The van der Waals surface area contributed by atoms with E-state index >= 15 is 0 Å². The molecule has 0 saturated heterocycles. The monoisotopic (exact) mass is 485 g/mol. The predicted molar refractivity (Wildman–Crippen MR) is 125 cm³/mol. The van der Waals surface area contributed by atoms with Crippen LogP contribution in [0.1, 0.15) is 22.7 Å². The summed E-state index contributed by atoms with van der Waals surface area (Å²) < 4.78 is 24.0. The molecule has 178 valence electrons. The Hall–Kier alpha value is -3.79. The SMILES string of the molecule is Cc1ccc(OCc2nc(CC(=O)OCC(=O)N(CCC(N)=O)c3ccc(F)cc3)cs2)cc1. The third-order valence-corrected chi connectivity index (χ3v) is 5.56. The van der Waals surface area contributed by atoms with Gasteiger partial charge in [0.15, 0.2) is 6.61 Å². The number of primary amides is 1. The average Bonchev–Trinajstić information content (AvgIpc) is 3.25. The number of hydrogen-bond donors (Lipinski definition) is 1. The normalized spacial score (nSPS) is 10.5. The summed E-state index contributed by atoms with van der Waals surface area (Å²) in [5.74, 6) is -1.53. The molecule has 0 spiro atoms. The van der Waals surface area contributed by atoms with Gasteiger partial charge in [-0.3, -0.25) is 14.4 Å². The summed E-state index contributed by atoms with van der Waals surface area (Å²) in [6, 6.07) is 12.8. The van der Waals surface area contributed by atoms with Crippen molar-refractivity contribution >= 4 is 34.8 Å². The Bertz CT molecular complexity index is 1130. The van der Waals surface area contributed by atoms with E-state index in [1.165, 1.54) is 40.5 Å². The van der Waals surface area contributed by atoms with E-state index in [-0.39, 0.29) is 26.0 Å². The molecule has 3 aromatic rings. The number of aryl methyl sites for hydroxylation is 1. The van der Waals surface area contributed by atoms with E-state index in [1.54, 1.807) is 5.38 Å². The summed E-state index contributed by atoms with van der Waals surface area (Å²) >= 11 is 1.36. The first-order chi connectivity index (χ1) is 16.3. The summed E-state index contributed by atoms with van der Waals surface area (Å²) in [6.45, 7) is 1.70. The standard InChI is InChI=1S/C24H24FN3O5S/c1-16-2-8-20(9-3-16)32-13-22-27-18(15-34-22)12-24(31)33-14-23(30)28(11-10-21(26)29)19-6-4-17(25)5-7-19/h2-9,15H,10-14H2,1H3,(H2,26,29). The van der Waals surface area contributed by atoms with Crippen molar-refractivity contribution in [2.75, 3.05) is 18.1 Å². The first kappa shape index (κ1) is 24.8. The van der Waals surface area contributed by atoms with E-state index < -0.39 is 30.2 Å². The van der Waals surface area contributed by atoms with E-state index in [4.69, 9.17) is 15.2 Å². The number of amides is 2. The fourth-order valence-corrected chi connectivity index (χ4v) is 3.64. The number of hydrogen-bond acceptors (Lipinski definition) is 7. The van der Waals surface area contributed by atoms with Crippen LogP contribution in [0, 0.1) is 12.7 Å². The summed E-state index contributed by atoms with van der Waals surface area (Å²) in [4.78, 5) is 41.6. The summed E-state index contributed by atoms with van der Waals surface area (Å²) in [6.07, 6.45) is -0.199. The Morgan fingerprint density at radius 3 is 2.47 bits per heavy atom. The van der Waals surface area contributed by atoms with Crippen molar-refractivity contribution in [3.8, 4) is 5.75 Å². The largest absolute Gasteiger partial charge is 0.486 e. The van der Waals surface area contributed by atoms with Crippen LogP contribution >= 0.6 is 11.3 Å². The number of thiazole rings is 1. The molecule has 0 aliphatic heterocycles. The molecule has 10 heteroatoms. The van der Waals surface area contributed by atoms with Crippen molar-refractivity contribution in [3.63, 3.8) is 0 Å². The number of carbonyl (C=O) groups excluding carboxylic acids is 3. The molecule has 2 N–H and O–H groups in total. The number of carbonyl (C=O) groups is 3. The van der Waals surface area contributed by atoms with Crippen LogP contribution in [0.15, 0.2) is 53.9 Å².